The summed E-state index contributed by atoms with van der Waals surface area (Å²) in [5.74, 6) is 1.11. The first-order valence-corrected chi connectivity index (χ1v) is 15.3. The van der Waals surface area contributed by atoms with Crippen molar-refractivity contribution in [3.63, 3.8) is 0 Å². The van der Waals surface area contributed by atoms with Gasteiger partial charge in [0.1, 0.15) is 5.75 Å². The molecule has 226 valence electrons. The highest BCUT2D eigenvalue weighted by Gasteiger charge is 2.22. The van der Waals surface area contributed by atoms with Crippen LogP contribution in [0.3, 0.4) is 0 Å². The molecule has 0 heterocycles. The van der Waals surface area contributed by atoms with Crippen LogP contribution in [-0.2, 0) is 25.5 Å². The van der Waals surface area contributed by atoms with Crippen molar-refractivity contribution < 1.29 is 23.8 Å². The molecule has 3 aromatic rings. The van der Waals surface area contributed by atoms with Crippen LogP contribution in [0.25, 0.3) is 22.3 Å². The second-order valence-electron chi connectivity index (χ2n) is 11.6. The third kappa shape index (κ3) is 8.77. The summed E-state index contributed by atoms with van der Waals surface area (Å²) in [5.41, 5.74) is 7.15. The van der Waals surface area contributed by atoms with Crippen molar-refractivity contribution in [3.05, 3.63) is 102 Å². The molecule has 0 N–H and O–H groups in total. The third-order valence-corrected chi connectivity index (χ3v) is 8.39. The van der Waals surface area contributed by atoms with Crippen LogP contribution in [0.4, 0.5) is 0 Å². The summed E-state index contributed by atoms with van der Waals surface area (Å²) < 4.78 is 16.1. The van der Waals surface area contributed by atoms with Gasteiger partial charge in [-0.25, -0.2) is 9.59 Å². The summed E-state index contributed by atoms with van der Waals surface area (Å²) in [4.78, 5) is 24.3. The summed E-state index contributed by atoms with van der Waals surface area (Å²) in [6.45, 7) is 11.8. The monoisotopic (exact) mass is 580 g/mol. The predicted octanol–water partition coefficient (Wildman–Crippen LogP) is 8.86. The molecule has 5 nitrogen and oxygen atoms in total. The summed E-state index contributed by atoms with van der Waals surface area (Å²) >= 11 is 0. The maximum Gasteiger partial charge on any atom is 0.341 e. The summed E-state index contributed by atoms with van der Waals surface area (Å²) in [7, 11) is 1.53. The molecule has 5 heteroatoms. The Morgan fingerprint density at radius 2 is 1.49 bits per heavy atom. The van der Waals surface area contributed by atoms with Gasteiger partial charge in [-0.15, -0.1) is 0 Å². The summed E-state index contributed by atoms with van der Waals surface area (Å²) in [6, 6.07) is 23.0. The molecule has 0 saturated heterocycles. The largest absolute Gasteiger partial charge is 0.462 e. The van der Waals surface area contributed by atoms with E-state index in [1.54, 1.807) is 6.92 Å². The number of esters is 2. The van der Waals surface area contributed by atoms with Gasteiger partial charge in [0, 0.05) is 18.2 Å². The first-order valence-electron chi connectivity index (χ1n) is 15.3. The number of hydrogen-bond donors (Lipinski definition) is 0. The predicted molar refractivity (Wildman–Crippen MR) is 173 cm³/mol. The van der Waals surface area contributed by atoms with E-state index in [-0.39, 0.29) is 18.1 Å². The molecule has 0 radical (unpaired) electrons. The zero-order valence-corrected chi connectivity index (χ0v) is 25.8. The number of aryl methyl sites for hydroxylation is 1. The lowest BCUT2D eigenvalue weighted by atomic mass is 9.77. The van der Waals surface area contributed by atoms with Gasteiger partial charge >= 0.3 is 11.9 Å². The van der Waals surface area contributed by atoms with Crippen LogP contribution in [0.15, 0.2) is 91.0 Å². The molecular weight excluding hydrogens is 536 g/mol. The number of benzene rings is 3. The zero-order valence-electron chi connectivity index (χ0n) is 25.8. The molecule has 43 heavy (non-hydrogen) atoms. The molecule has 3 aromatic carbocycles. The van der Waals surface area contributed by atoms with Gasteiger partial charge in [-0.1, -0.05) is 81.1 Å². The second-order valence-corrected chi connectivity index (χ2v) is 11.6. The van der Waals surface area contributed by atoms with Crippen molar-refractivity contribution in [1.82, 2.24) is 0 Å². The maximum absolute atomic E-state index is 12.7. The Labute approximate surface area is 256 Å². The van der Waals surface area contributed by atoms with Crippen molar-refractivity contribution in [3.8, 4) is 28.0 Å². The van der Waals surface area contributed by atoms with Crippen molar-refractivity contribution >= 4 is 11.9 Å². The summed E-state index contributed by atoms with van der Waals surface area (Å²) in [5, 5.41) is 0. The van der Waals surface area contributed by atoms with Gasteiger partial charge in [0.2, 0.25) is 0 Å². The Morgan fingerprint density at radius 3 is 2.12 bits per heavy atom. The highest BCUT2D eigenvalue weighted by atomic mass is 16.5. The van der Waals surface area contributed by atoms with Crippen LogP contribution >= 0.6 is 0 Å². The second kappa shape index (κ2) is 15.5. The van der Waals surface area contributed by atoms with Gasteiger partial charge in [0.05, 0.1) is 18.8 Å². The molecule has 1 fully saturated rings. The van der Waals surface area contributed by atoms with E-state index >= 15 is 0 Å². The number of carbonyl (C=O) groups is 2. The van der Waals surface area contributed by atoms with Gasteiger partial charge in [-0.2, -0.15) is 0 Å². The fraction of sp³-hybridized carbons (Fsp3) is 0.368. The van der Waals surface area contributed by atoms with E-state index in [0.717, 1.165) is 41.0 Å². The van der Waals surface area contributed by atoms with Crippen molar-refractivity contribution in [1.29, 1.82) is 0 Å². The highest BCUT2D eigenvalue weighted by Crippen LogP contribution is 2.39. The molecule has 0 atom stereocenters. The number of ether oxygens (including phenoxy) is 3. The lowest BCUT2D eigenvalue weighted by Crippen LogP contribution is -2.14. The van der Waals surface area contributed by atoms with Crippen molar-refractivity contribution in [2.45, 2.75) is 64.7 Å². The first kappa shape index (κ1) is 32.0. The van der Waals surface area contributed by atoms with Crippen LogP contribution in [0.5, 0.6) is 5.75 Å². The number of rotatable bonds is 13. The molecule has 0 amide bonds. The van der Waals surface area contributed by atoms with Gasteiger partial charge in [-0.05, 0) is 97.2 Å². The van der Waals surface area contributed by atoms with Gasteiger partial charge in [-0.3, -0.25) is 0 Å². The number of hydrogen-bond acceptors (Lipinski definition) is 5. The molecule has 1 aliphatic rings. The third-order valence-electron chi connectivity index (χ3n) is 8.39. The van der Waals surface area contributed by atoms with Crippen LogP contribution in [0.2, 0.25) is 0 Å². The van der Waals surface area contributed by atoms with E-state index < -0.39 is 5.97 Å². The molecule has 1 aliphatic carbocycles. The van der Waals surface area contributed by atoms with Gasteiger partial charge in [0.25, 0.3) is 0 Å². The molecule has 1 saturated carbocycles. The van der Waals surface area contributed by atoms with E-state index in [1.807, 2.05) is 12.1 Å². The summed E-state index contributed by atoms with van der Waals surface area (Å²) in [6.07, 6.45) is 7.92. The molecule has 0 aromatic heterocycles. The molecule has 0 spiro atoms. The number of carbonyl (C=O) groups excluding carboxylic acids is 2. The van der Waals surface area contributed by atoms with Crippen LogP contribution < -0.4 is 4.74 Å². The van der Waals surface area contributed by atoms with Crippen LogP contribution in [-0.4, -0.2) is 32.3 Å². The topological polar surface area (TPSA) is 61.8 Å². The average molecular weight is 581 g/mol. The molecular formula is C38H44O5. The van der Waals surface area contributed by atoms with Crippen molar-refractivity contribution in [2.75, 3.05) is 20.3 Å². The molecule has 0 unspecified atom stereocenters. The smallest absolute Gasteiger partial charge is 0.341 e. The Kier molecular flexibility index (Phi) is 11.5. The zero-order chi connectivity index (χ0) is 30.8. The van der Waals surface area contributed by atoms with E-state index in [9.17, 15) is 9.59 Å². The van der Waals surface area contributed by atoms with Gasteiger partial charge < -0.3 is 14.2 Å². The van der Waals surface area contributed by atoms with Crippen molar-refractivity contribution in [2.24, 2.45) is 5.92 Å². The average Bonchev–Trinajstić information content (AvgIpc) is 3.03. The normalized spacial score (nSPS) is 16.3. The minimum absolute atomic E-state index is 0.115. The van der Waals surface area contributed by atoms with E-state index in [0.29, 0.717) is 23.8 Å². The minimum atomic E-state index is -0.501. The Hall–Kier alpha value is -3.96. The minimum Gasteiger partial charge on any atom is -0.462 e. The first-order chi connectivity index (χ1) is 20.8. The lowest BCUT2D eigenvalue weighted by molar-refractivity contribution is -0.139. The van der Waals surface area contributed by atoms with Crippen LogP contribution in [0, 0.1) is 5.92 Å². The SMILES string of the molecule is C=C(C)C(=O)OCCCc1ccc(-c2ccc(OC(=O)C(=C)COC)c(-c3ccc(C4CCC(CC)CC4)cc3)c2)cc1. The highest BCUT2D eigenvalue weighted by molar-refractivity contribution is 5.91. The fourth-order valence-corrected chi connectivity index (χ4v) is 5.70. The lowest BCUT2D eigenvalue weighted by Gasteiger charge is -2.28. The standard InChI is InChI=1S/C38H44O5/c1-6-28-9-13-30(14-10-28)31-17-19-33(20-18-31)35-24-34(21-22-36(35)43-38(40)27(4)25-41-5)32-15-11-29(12-16-32)8-7-23-42-37(39)26(2)3/h11-12,15-22,24,28,30H,2,4,6-10,13-14,23,25H2,1,3,5H3. The van der Waals surface area contributed by atoms with Gasteiger partial charge in [0.15, 0.2) is 0 Å². The number of methoxy groups -OCH3 is 1. The Morgan fingerprint density at radius 1 is 0.837 bits per heavy atom. The Bertz CT molecular complexity index is 1410. The maximum atomic E-state index is 12.7. The fourth-order valence-electron chi connectivity index (χ4n) is 5.70. The van der Waals surface area contributed by atoms with E-state index in [4.69, 9.17) is 14.2 Å². The molecule has 4 rings (SSSR count). The quantitative estimate of drug-likeness (QED) is 0.0875. The Balaban J connectivity index is 1.54. The molecule has 0 bridgehead atoms. The van der Waals surface area contributed by atoms with E-state index in [2.05, 4.69) is 74.7 Å². The molecule has 0 aliphatic heterocycles. The van der Waals surface area contributed by atoms with Crippen LogP contribution in [0.1, 0.15) is 69.4 Å². The van der Waals surface area contributed by atoms with E-state index in [1.165, 1.54) is 50.3 Å².